The molecule has 0 fully saturated rings. The fraction of sp³-hybridized carbons (Fsp3) is 0.111. The molecule has 1 aromatic heterocycles. The first-order valence-electron chi connectivity index (χ1n) is 7.00. The van der Waals surface area contributed by atoms with Gasteiger partial charge in [0.2, 0.25) is 0 Å². The second-order valence-corrected chi connectivity index (χ2v) is 5.92. The molecule has 1 N–H and O–H groups in total. The summed E-state index contributed by atoms with van der Waals surface area (Å²) < 4.78 is 19.7. The molecular weight excluding hydrogens is 345 g/mol. The van der Waals surface area contributed by atoms with E-state index in [9.17, 15) is 4.39 Å². The molecule has 0 aliphatic carbocycles. The topological polar surface area (TPSA) is 25.2 Å². The SMILES string of the molecule is Fc1ccc(CNCc2ccc(-c3ccc(Br)cc3)o2)cc1. The van der Waals surface area contributed by atoms with Crippen LogP contribution in [0.2, 0.25) is 0 Å². The first kappa shape index (κ1) is 15.0. The van der Waals surface area contributed by atoms with Crippen molar-refractivity contribution in [1.82, 2.24) is 5.32 Å². The van der Waals surface area contributed by atoms with Crippen molar-refractivity contribution in [3.05, 3.63) is 82.3 Å². The van der Waals surface area contributed by atoms with Gasteiger partial charge < -0.3 is 9.73 Å². The molecule has 0 aliphatic heterocycles. The van der Waals surface area contributed by atoms with Crippen LogP contribution in [-0.2, 0) is 13.1 Å². The molecule has 2 aromatic carbocycles. The van der Waals surface area contributed by atoms with E-state index >= 15 is 0 Å². The van der Waals surface area contributed by atoms with Gasteiger partial charge in [0.15, 0.2) is 0 Å². The minimum atomic E-state index is -0.214. The highest BCUT2D eigenvalue weighted by Crippen LogP contribution is 2.23. The molecule has 2 nitrogen and oxygen atoms in total. The minimum Gasteiger partial charge on any atom is -0.460 e. The van der Waals surface area contributed by atoms with E-state index in [0.29, 0.717) is 13.1 Å². The molecule has 112 valence electrons. The summed E-state index contributed by atoms with van der Waals surface area (Å²) in [6, 6.07) is 18.4. The predicted molar refractivity (Wildman–Crippen MR) is 88.8 cm³/mol. The number of hydrogen-bond acceptors (Lipinski definition) is 2. The van der Waals surface area contributed by atoms with Crippen molar-refractivity contribution in [2.24, 2.45) is 0 Å². The quantitative estimate of drug-likeness (QED) is 0.682. The zero-order chi connectivity index (χ0) is 15.4. The Morgan fingerprint density at radius 2 is 1.59 bits per heavy atom. The highest BCUT2D eigenvalue weighted by molar-refractivity contribution is 9.10. The van der Waals surface area contributed by atoms with Crippen LogP contribution in [-0.4, -0.2) is 0 Å². The highest BCUT2D eigenvalue weighted by atomic mass is 79.9. The molecule has 0 radical (unpaired) electrons. The van der Waals surface area contributed by atoms with Gasteiger partial charge in [0.25, 0.3) is 0 Å². The van der Waals surface area contributed by atoms with Crippen molar-refractivity contribution in [3.8, 4) is 11.3 Å². The molecule has 0 unspecified atom stereocenters. The van der Waals surface area contributed by atoms with Crippen LogP contribution >= 0.6 is 15.9 Å². The Labute approximate surface area is 137 Å². The van der Waals surface area contributed by atoms with E-state index in [1.165, 1.54) is 12.1 Å². The number of rotatable bonds is 5. The molecule has 4 heteroatoms. The molecule has 0 spiro atoms. The van der Waals surface area contributed by atoms with Gasteiger partial charge in [-0.3, -0.25) is 0 Å². The highest BCUT2D eigenvalue weighted by Gasteiger charge is 2.04. The summed E-state index contributed by atoms with van der Waals surface area (Å²) in [5.41, 5.74) is 2.09. The largest absolute Gasteiger partial charge is 0.460 e. The van der Waals surface area contributed by atoms with Crippen LogP contribution in [0.5, 0.6) is 0 Å². The molecule has 3 rings (SSSR count). The van der Waals surface area contributed by atoms with Crippen molar-refractivity contribution >= 4 is 15.9 Å². The molecule has 0 atom stereocenters. The van der Waals surface area contributed by atoms with Crippen LogP contribution in [0.25, 0.3) is 11.3 Å². The van der Waals surface area contributed by atoms with Crippen LogP contribution in [0.15, 0.2) is 69.6 Å². The maximum absolute atomic E-state index is 12.8. The van der Waals surface area contributed by atoms with Crippen LogP contribution in [0.1, 0.15) is 11.3 Å². The maximum atomic E-state index is 12.8. The average Bonchev–Trinajstić information content (AvgIpc) is 2.99. The fourth-order valence-electron chi connectivity index (χ4n) is 2.17. The summed E-state index contributed by atoms with van der Waals surface area (Å²) in [6.07, 6.45) is 0. The monoisotopic (exact) mass is 359 g/mol. The van der Waals surface area contributed by atoms with Gasteiger partial charge in [-0.2, -0.15) is 0 Å². The molecule has 0 saturated heterocycles. The lowest BCUT2D eigenvalue weighted by Gasteiger charge is -2.03. The standard InChI is InChI=1S/C18H15BrFNO/c19-15-5-3-14(4-6-15)18-10-9-17(22-18)12-21-11-13-1-7-16(20)8-2-13/h1-10,21H,11-12H2. The number of furan rings is 1. The lowest BCUT2D eigenvalue weighted by Crippen LogP contribution is -2.11. The Bertz CT molecular complexity index is 735. The van der Waals surface area contributed by atoms with Crippen LogP contribution < -0.4 is 5.32 Å². The van der Waals surface area contributed by atoms with E-state index < -0.39 is 0 Å². The number of hydrogen-bond donors (Lipinski definition) is 1. The van der Waals surface area contributed by atoms with Gasteiger partial charge >= 0.3 is 0 Å². The summed E-state index contributed by atoms with van der Waals surface area (Å²) in [7, 11) is 0. The average molecular weight is 360 g/mol. The van der Waals surface area contributed by atoms with Crippen LogP contribution in [0, 0.1) is 5.82 Å². The summed E-state index contributed by atoms with van der Waals surface area (Å²) in [5, 5.41) is 3.29. The van der Waals surface area contributed by atoms with Gasteiger partial charge in [0, 0.05) is 16.6 Å². The van der Waals surface area contributed by atoms with Gasteiger partial charge in [0.05, 0.1) is 6.54 Å². The fourth-order valence-corrected chi connectivity index (χ4v) is 2.44. The molecule has 22 heavy (non-hydrogen) atoms. The Balaban J connectivity index is 1.57. The van der Waals surface area contributed by atoms with Crippen molar-refractivity contribution in [2.45, 2.75) is 13.1 Å². The molecular formula is C18H15BrFNO. The molecule has 0 aliphatic rings. The Kier molecular flexibility index (Phi) is 4.71. The third-order valence-corrected chi connectivity index (χ3v) is 3.86. The lowest BCUT2D eigenvalue weighted by molar-refractivity contribution is 0.493. The summed E-state index contributed by atoms with van der Waals surface area (Å²) in [6.45, 7) is 1.31. The molecule has 0 saturated carbocycles. The maximum Gasteiger partial charge on any atom is 0.134 e. The zero-order valence-electron chi connectivity index (χ0n) is 11.9. The molecule has 1 heterocycles. The smallest absolute Gasteiger partial charge is 0.134 e. The molecule has 0 bridgehead atoms. The molecule has 0 amide bonds. The Morgan fingerprint density at radius 3 is 2.32 bits per heavy atom. The third-order valence-electron chi connectivity index (χ3n) is 3.33. The van der Waals surface area contributed by atoms with Crippen molar-refractivity contribution < 1.29 is 8.81 Å². The molecule has 3 aromatic rings. The normalized spacial score (nSPS) is 10.8. The van der Waals surface area contributed by atoms with Gasteiger partial charge in [-0.05, 0) is 42.0 Å². The van der Waals surface area contributed by atoms with Crippen molar-refractivity contribution in [3.63, 3.8) is 0 Å². The Morgan fingerprint density at radius 1 is 0.864 bits per heavy atom. The van der Waals surface area contributed by atoms with Crippen LogP contribution in [0.3, 0.4) is 0 Å². The van der Waals surface area contributed by atoms with Crippen molar-refractivity contribution in [2.75, 3.05) is 0 Å². The van der Waals surface area contributed by atoms with Crippen molar-refractivity contribution in [1.29, 1.82) is 0 Å². The summed E-state index contributed by atoms with van der Waals surface area (Å²) >= 11 is 3.42. The van der Waals surface area contributed by atoms with Gasteiger partial charge in [-0.25, -0.2) is 4.39 Å². The van der Waals surface area contributed by atoms with E-state index in [1.807, 2.05) is 36.4 Å². The third kappa shape index (κ3) is 3.84. The Hall–Kier alpha value is -1.91. The predicted octanol–water partition coefficient (Wildman–Crippen LogP) is 5.14. The first-order chi connectivity index (χ1) is 10.7. The number of halogens is 2. The van der Waals surface area contributed by atoms with E-state index in [0.717, 1.165) is 27.1 Å². The van der Waals surface area contributed by atoms with Gasteiger partial charge in [-0.1, -0.05) is 40.2 Å². The van der Waals surface area contributed by atoms with Gasteiger partial charge in [-0.15, -0.1) is 0 Å². The van der Waals surface area contributed by atoms with E-state index in [1.54, 1.807) is 12.1 Å². The van der Waals surface area contributed by atoms with E-state index in [2.05, 4.69) is 21.2 Å². The van der Waals surface area contributed by atoms with Crippen LogP contribution in [0.4, 0.5) is 4.39 Å². The lowest BCUT2D eigenvalue weighted by atomic mass is 10.2. The van der Waals surface area contributed by atoms with E-state index in [4.69, 9.17) is 4.42 Å². The number of nitrogens with one attached hydrogen (secondary N) is 1. The van der Waals surface area contributed by atoms with E-state index in [-0.39, 0.29) is 5.82 Å². The second kappa shape index (κ2) is 6.90. The second-order valence-electron chi connectivity index (χ2n) is 5.00. The zero-order valence-corrected chi connectivity index (χ0v) is 13.4. The van der Waals surface area contributed by atoms with Gasteiger partial charge in [0.1, 0.15) is 17.3 Å². The first-order valence-corrected chi connectivity index (χ1v) is 7.80. The minimum absolute atomic E-state index is 0.214. The summed E-state index contributed by atoms with van der Waals surface area (Å²) in [4.78, 5) is 0. The summed E-state index contributed by atoms with van der Waals surface area (Å²) in [5.74, 6) is 1.51. The number of benzene rings is 2.